The second-order valence-electron chi connectivity index (χ2n) is 7.67. The van der Waals surface area contributed by atoms with Crippen LogP contribution in [0.15, 0.2) is 48.5 Å². The largest absolute Gasteiger partial charge is 0.485 e. The summed E-state index contributed by atoms with van der Waals surface area (Å²) in [6, 6.07) is 17.3. The van der Waals surface area contributed by atoms with Gasteiger partial charge in [0.2, 0.25) is 0 Å². The third-order valence-corrected chi connectivity index (χ3v) is 6.74. The van der Waals surface area contributed by atoms with E-state index in [9.17, 15) is 0 Å². The van der Waals surface area contributed by atoms with Crippen molar-refractivity contribution in [3.63, 3.8) is 0 Å². The van der Waals surface area contributed by atoms with Crippen LogP contribution < -0.4 is 14.2 Å². The summed E-state index contributed by atoms with van der Waals surface area (Å²) in [7, 11) is 0. The Hall–Kier alpha value is -1.40. The van der Waals surface area contributed by atoms with E-state index in [4.69, 9.17) is 21.1 Å². The molecule has 1 fully saturated rings. The third kappa shape index (κ3) is 5.82. The SMILES string of the molecule is ClCCCSNC1CCN(Cc2ccc(C3COc4ccccc4O3)cc2)CC1. The van der Waals surface area contributed by atoms with Crippen LogP contribution in [0.4, 0.5) is 0 Å². The molecule has 1 atom stereocenters. The van der Waals surface area contributed by atoms with E-state index in [-0.39, 0.29) is 6.10 Å². The van der Waals surface area contributed by atoms with Crippen molar-refractivity contribution in [2.75, 3.05) is 31.3 Å². The Balaban J connectivity index is 1.23. The van der Waals surface area contributed by atoms with Crippen LogP contribution in [-0.2, 0) is 6.54 Å². The molecule has 2 aromatic rings. The fraction of sp³-hybridized carbons (Fsp3) is 0.478. The number of nitrogens with one attached hydrogen (secondary N) is 1. The number of halogens is 1. The lowest BCUT2D eigenvalue weighted by Gasteiger charge is -2.32. The Bertz CT molecular complexity index is 766. The fourth-order valence-corrected chi connectivity index (χ4v) is 4.96. The van der Waals surface area contributed by atoms with Crippen LogP contribution in [0.3, 0.4) is 0 Å². The minimum Gasteiger partial charge on any atom is -0.485 e. The van der Waals surface area contributed by atoms with E-state index in [1.165, 1.54) is 24.0 Å². The molecule has 29 heavy (non-hydrogen) atoms. The molecule has 2 aliphatic heterocycles. The molecule has 156 valence electrons. The predicted octanol–water partition coefficient (Wildman–Crippen LogP) is 5.03. The predicted molar refractivity (Wildman–Crippen MR) is 121 cm³/mol. The zero-order valence-corrected chi connectivity index (χ0v) is 18.3. The molecule has 2 heterocycles. The number of hydrogen-bond donors (Lipinski definition) is 1. The van der Waals surface area contributed by atoms with Gasteiger partial charge in [0.1, 0.15) is 6.61 Å². The smallest absolute Gasteiger partial charge is 0.162 e. The zero-order valence-electron chi connectivity index (χ0n) is 16.7. The Kier molecular flexibility index (Phi) is 7.61. The number of hydrogen-bond acceptors (Lipinski definition) is 5. The van der Waals surface area contributed by atoms with Gasteiger partial charge < -0.3 is 9.47 Å². The number of alkyl halides is 1. The number of fused-ring (bicyclic) bond motifs is 1. The third-order valence-electron chi connectivity index (χ3n) is 5.48. The van der Waals surface area contributed by atoms with Crippen molar-refractivity contribution in [3.8, 4) is 11.5 Å². The van der Waals surface area contributed by atoms with Crippen LogP contribution in [0.25, 0.3) is 0 Å². The van der Waals surface area contributed by atoms with Gasteiger partial charge in [0.15, 0.2) is 17.6 Å². The van der Waals surface area contributed by atoms with Crippen LogP contribution in [0.5, 0.6) is 11.5 Å². The first-order chi connectivity index (χ1) is 14.3. The Morgan fingerprint density at radius 1 is 1.03 bits per heavy atom. The summed E-state index contributed by atoms with van der Waals surface area (Å²) >= 11 is 7.56. The molecule has 0 aromatic heterocycles. The summed E-state index contributed by atoms with van der Waals surface area (Å²) in [5.41, 5.74) is 2.52. The van der Waals surface area contributed by atoms with E-state index in [0.29, 0.717) is 12.6 Å². The molecule has 4 nitrogen and oxygen atoms in total. The van der Waals surface area contributed by atoms with E-state index < -0.39 is 0 Å². The summed E-state index contributed by atoms with van der Waals surface area (Å²) in [5.74, 6) is 3.50. The molecule has 6 heteroatoms. The quantitative estimate of drug-likeness (QED) is 0.359. The second-order valence-corrected chi connectivity index (χ2v) is 8.98. The van der Waals surface area contributed by atoms with Gasteiger partial charge in [-0.05, 0) is 55.6 Å². The number of piperidine rings is 1. The summed E-state index contributed by atoms with van der Waals surface area (Å²) in [6.45, 7) is 3.86. The summed E-state index contributed by atoms with van der Waals surface area (Å²) in [6.07, 6.45) is 3.44. The number of ether oxygens (including phenoxy) is 2. The van der Waals surface area contributed by atoms with Crippen LogP contribution in [0.2, 0.25) is 0 Å². The van der Waals surface area contributed by atoms with E-state index in [1.54, 1.807) is 0 Å². The summed E-state index contributed by atoms with van der Waals surface area (Å²) < 4.78 is 15.6. The van der Waals surface area contributed by atoms with Gasteiger partial charge in [-0.2, -0.15) is 0 Å². The van der Waals surface area contributed by atoms with Gasteiger partial charge in [-0.1, -0.05) is 48.3 Å². The number of likely N-dealkylation sites (tertiary alicyclic amines) is 1. The normalized spacial score (nSPS) is 20.0. The highest BCUT2D eigenvalue weighted by molar-refractivity contribution is 7.97. The lowest BCUT2D eigenvalue weighted by atomic mass is 10.0. The number of rotatable bonds is 8. The van der Waals surface area contributed by atoms with Crippen LogP contribution in [0.1, 0.15) is 36.5 Å². The molecule has 2 aromatic carbocycles. The fourth-order valence-electron chi connectivity index (χ4n) is 3.79. The van der Waals surface area contributed by atoms with Crippen molar-refractivity contribution in [3.05, 3.63) is 59.7 Å². The van der Waals surface area contributed by atoms with Crippen LogP contribution >= 0.6 is 23.5 Å². The van der Waals surface area contributed by atoms with Crippen molar-refractivity contribution in [1.82, 2.24) is 9.62 Å². The Morgan fingerprint density at radius 3 is 2.55 bits per heavy atom. The molecule has 2 aliphatic rings. The average molecular weight is 433 g/mol. The molecular formula is C23H29ClN2O2S. The first-order valence-electron chi connectivity index (χ1n) is 10.4. The molecule has 1 N–H and O–H groups in total. The van der Waals surface area contributed by atoms with Crippen molar-refractivity contribution < 1.29 is 9.47 Å². The molecule has 1 saturated heterocycles. The van der Waals surface area contributed by atoms with Crippen molar-refractivity contribution in [2.24, 2.45) is 0 Å². The van der Waals surface area contributed by atoms with Gasteiger partial charge in [-0.15, -0.1) is 11.6 Å². The molecule has 0 radical (unpaired) electrons. The molecule has 4 rings (SSSR count). The van der Waals surface area contributed by atoms with Gasteiger partial charge in [-0.25, -0.2) is 0 Å². The van der Waals surface area contributed by atoms with Gasteiger partial charge in [0.25, 0.3) is 0 Å². The van der Waals surface area contributed by atoms with Crippen LogP contribution in [-0.4, -0.2) is 42.3 Å². The number of nitrogens with zero attached hydrogens (tertiary/aromatic N) is 1. The molecule has 0 aliphatic carbocycles. The van der Waals surface area contributed by atoms with Crippen molar-refractivity contribution in [2.45, 2.75) is 38.0 Å². The van der Waals surface area contributed by atoms with E-state index in [1.807, 2.05) is 36.2 Å². The number of benzene rings is 2. The maximum absolute atomic E-state index is 6.12. The Labute approximate surface area is 183 Å². The molecule has 0 saturated carbocycles. The lowest BCUT2D eigenvalue weighted by molar-refractivity contribution is 0.0912. The van der Waals surface area contributed by atoms with Crippen LogP contribution in [0, 0.1) is 0 Å². The van der Waals surface area contributed by atoms with Crippen molar-refractivity contribution in [1.29, 1.82) is 0 Å². The lowest BCUT2D eigenvalue weighted by Crippen LogP contribution is -2.40. The van der Waals surface area contributed by atoms with E-state index in [0.717, 1.165) is 49.2 Å². The standard InChI is InChI=1S/C23H29ClN2O2S/c24-12-3-15-29-25-20-10-13-26(14-11-20)16-18-6-8-19(9-7-18)23-17-27-21-4-1-2-5-22(21)28-23/h1-2,4-9,20,23,25H,3,10-17H2. The zero-order chi connectivity index (χ0) is 19.9. The van der Waals surface area contributed by atoms with E-state index in [2.05, 4.69) is 33.9 Å². The van der Waals surface area contributed by atoms with E-state index >= 15 is 0 Å². The van der Waals surface area contributed by atoms with Gasteiger partial charge in [0, 0.05) is 24.2 Å². The molecule has 1 unspecified atom stereocenters. The second kappa shape index (κ2) is 10.6. The van der Waals surface area contributed by atoms with Crippen molar-refractivity contribution >= 4 is 23.5 Å². The molecule has 0 amide bonds. The topological polar surface area (TPSA) is 33.7 Å². The highest BCUT2D eigenvalue weighted by Crippen LogP contribution is 2.35. The average Bonchev–Trinajstić information content (AvgIpc) is 2.78. The minimum atomic E-state index is -0.0444. The molecule has 0 spiro atoms. The summed E-state index contributed by atoms with van der Waals surface area (Å²) in [5, 5.41) is 0. The summed E-state index contributed by atoms with van der Waals surface area (Å²) in [4.78, 5) is 2.55. The molecular weight excluding hydrogens is 404 g/mol. The first kappa shape index (κ1) is 20.9. The maximum Gasteiger partial charge on any atom is 0.162 e. The van der Waals surface area contributed by atoms with Gasteiger partial charge >= 0.3 is 0 Å². The number of para-hydroxylation sites is 2. The van der Waals surface area contributed by atoms with Gasteiger partial charge in [-0.3, -0.25) is 9.62 Å². The monoisotopic (exact) mass is 432 g/mol. The van der Waals surface area contributed by atoms with Gasteiger partial charge in [0.05, 0.1) is 0 Å². The highest BCUT2D eigenvalue weighted by atomic mass is 35.5. The minimum absolute atomic E-state index is 0.0444. The Morgan fingerprint density at radius 2 is 1.79 bits per heavy atom. The highest BCUT2D eigenvalue weighted by Gasteiger charge is 2.23. The maximum atomic E-state index is 6.12. The first-order valence-corrected chi connectivity index (χ1v) is 12.0. The molecule has 0 bridgehead atoms.